The van der Waals surface area contributed by atoms with Crippen LogP contribution in [-0.2, 0) is 34.9 Å². The van der Waals surface area contributed by atoms with Crippen molar-refractivity contribution in [3.63, 3.8) is 0 Å². The second-order valence-corrected chi connectivity index (χ2v) is 9.81. The summed E-state index contributed by atoms with van der Waals surface area (Å²) < 4.78 is 78.4. The number of aromatic hydroxyl groups is 2. The third kappa shape index (κ3) is 7.01. The van der Waals surface area contributed by atoms with Gasteiger partial charge in [-0.1, -0.05) is 24.3 Å². The van der Waals surface area contributed by atoms with E-state index < -0.39 is 64.0 Å². The fourth-order valence-corrected chi connectivity index (χ4v) is 4.66. The average molecular weight is 597 g/mol. The van der Waals surface area contributed by atoms with Crippen molar-refractivity contribution in [3.05, 3.63) is 93.4 Å². The van der Waals surface area contributed by atoms with Crippen molar-refractivity contribution < 1.29 is 50.9 Å². The van der Waals surface area contributed by atoms with Crippen LogP contribution in [0.3, 0.4) is 0 Å². The Balaban J connectivity index is 1.42. The Hall–Kier alpha value is -4.46. The van der Waals surface area contributed by atoms with Gasteiger partial charge in [0.15, 0.2) is 11.5 Å². The Morgan fingerprint density at radius 2 is 1.49 bits per heavy atom. The van der Waals surface area contributed by atoms with Gasteiger partial charge in [0.05, 0.1) is 29.0 Å². The van der Waals surface area contributed by atoms with Crippen molar-refractivity contribution in [1.82, 2.24) is 4.90 Å². The van der Waals surface area contributed by atoms with E-state index in [1.165, 1.54) is 48.5 Å². The monoisotopic (exact) mass is 596 g/mol. The molecule has 214 valence electrons. The number of rotatable bonds is 6. The number of benzene rings is 3. The Labute approximate surface area is 232 Å². The minimum absolute atomic E-state index is 0.0167. The SMILES string of the molecule is O=C(Cc1cc(C(F)(F)F)cc(C(F)(F)F)c1)Nc1ccc(CN2C(=O)S/C(=C\c3cccc(O)c3O)C2=O)cc1. The summed E-state index contributed by atoms with van der Waals surface area (Å²) in [7, 11) is 0. The first-order chi connectivity index (χ1) is 19.1. The minimum atomic E-state index is -5.04. The number of carbonyl (C=O) groups is 3. The summed E-state index contributed by atoms with van der Waals surface area (Å²) in [5, 5.41) is 21.3. The number of nitrogens with one attached hydrogen (secondary N) is 1. The number of halogens is 6. The molecule has 1 heterocycles. The number of para-hydroxylation sites is 1. The van der Waals surface area contributed by atoms with Crippen LogP contribution in [0.15, 0.2) is 65.6 Å². The fourth-order valence-electron chi connectivity index (χ4n) is 3.83. The van der Waals surface area contributed by atoms with Crippen molar-refractivity contribution in [3.8, 4) is 11.5 Å². The number of anilines is 1. The van der Waals surface area contributed by atoms with E-state index in [0.29, 0.717) is 29.5 Å². The van der Waals surface area contributed by atoms with E-state index in [-0.39, 0.29) is 28.8 Å². The van der Waals surface area contributed by atoms with Crippen LogP contribution in [0, 0.1) is 0 Å². The summed E-state index contributed by atoms with van der Waals surface area (Å²) >= 11 is 0.636. The number of hydrogen-bond donors (Lipinski definition) is 3. The number of phenolic OH excluding ortho intramolecular Hbond substituents is 2. The number of nitrogens with zero attached hydrogens (tertiary/aromatic N) is 1. The molecule has 41 heavy (non-hydrogen) atoms. The molecule has 1 saturated heterocycles. The molecule has 0 unspecified atom stereocenters. The second kappa shape index (κ2) is 11.2. The topological polar surface area (TPSA) is 107 Å². The predicted octanol–water partition coefficient (Wildman–Crippen LogP) is 6.55. The van der Waals surface area contributed by atoms with Crippen LogP contribution in [0.1, 0.15) is 27.8 Å². The van der Waals surface area contributed by atoms with E-state index >= 15 is 0 Å². The van der Waals surface area contributed by atoms with Gasteiger partial charge < -0.3 is 15.5 Å². The molecule has 3 amide bonds. The van der Waals surface area contributed by atoms with Gasteiger partial charge in [-0.3, -0.25) is 19.3 Å². The fraction of sp³-hybridized carbons (Fsp3) is 0.148. The number of thioether (sulfide) groups is 1. The Kier molecular flexibility index (Phi) is 8.06. The molecule has 3 aromatic carbocycles. The average Bonchev–Trinajstić information content (AvgIpc) is 3.14. The number of amides is 3. The van der Waals surface area contributed by atoms with E-state index in [2.05, 4.69) is 5.32 Å². The van der Waals surface area contributed by atoms with Crippen molar-refractivity contribution >= 4 is 40.6 Å². The number of imide groups is 1. The Bertz CT molecular complexity index is 1520. The number of alkyl halides is 6. The Morgan fingerprint density at radius 3 is 2.07 bits per heavy atom. The minimum Gasteiger partial charge on any atom is -0.504 e. The molecule has 1 fully saturated rings. The lowest BCUT2D eigenvalue weighted by Gasteiger charge is -2.15. The summed E-state index contributed by atoms with van der Waals surface area (Å²) in [6.45, 7) is -0.146. The van der Waals surface area contributed by atoms with E-state index in [4.69, 9.17) is 0 Å². The van der Waals surface area contributed by atoms with Gasteiger partial charge in [-0.15, -0.1) is 0 Å². The highest BCUT2D eigenvalue weighted by atomic mass is 32.2. The summed E-state index contributed by atoms with van der Waals surface area (Å²) in [5.74, 6) is -2.35. The molecule has 1 aliphatic heterocycles. The molecule has 3 aromatic rings. The summed E-state index contributed by atoms with van der Waals surface area (Å²) in [6, 6.07) is 10.8. The summed E-state index contributed by atoms with van der Waals surface area (Å²) in [6.07, 6.45) is -9.57. The van der Waals surface area contributed by atoms with Crippen LogP contribution in [0.5, 0.6) is 11.5 Å². The molecular weight excluding hydrogens is 578 g/mol. The molecule has 0 bridgehead atoms. The molecular formula is C27H18F6N2O5S. The number of phenols is 2. The van der Waals surface area contributed by atoms with Crippen molar-refractivity contribution in [2.24, 2.45) is 0 Å². The highest BCUT2D eigenvalue weighted by Gasteiger charge is 2.37. The molecule has 3 N–H and O–H groups in total. The third-order valence-electron chi connectivity index (χ3n) is 5.80. The van der Waals surface area contributed by atoms with E-state index in [1.807, 2.05) is 0 Å². The van der Waals surface area contributed by atoms with Crippen molar-refractivity contribution in [2.75, 3.05) is 5.32 Å². The lowest BCUT2D eigenvalue weighted by molar-refractivity contribution is -0.143. The highest BCUT2D eigenvalue weighted by Crippen LogP contribution is 2.38. The molecule has 0 aliphatic carbocycles. The van der Waals surface area contributed by atoms with Gasteiger partial charge in [-0.05, 0) is 65.4 Å². The van der Waals surface area contributed by atoms with Crippen LogP contribution in [0.4, 0.5) is 36.8 Å². The Morgan fingerprint density at radius 1 is 0.878 bits per heavy atom. The van der Waals surface area contributed by atoms with Crippen LogP contribution >= 0.6 is 11.8 Å². The number of carbonyl (C=O) groups excluding carboxylic acids is 3. The maximum Gasteiger partial charge on any atom is 0.416 e. The summed E-state index contributed by atoms with van der Waals surface area (Å²) in [4.78, 5) is 38.5. The molecule has 0 spiro atoms. The van der Waals surface area contributed by atoms with Gasteiger partial charge >= 0.3 is 12.4 Å². The van der Waals surface area contributed by atoms with E-state index in [0.717, 1.165) is 4.90 Å². The summed E-state index contributed by atoms with van der Waals surface area (Å²) in [5.41, 5.74) is -2.75. The lowest BCUT2D eigenvalue weighted by atomic mass is 10.0. The van der Waals surface area contributed by atoms with Crippen LogP contribution in [-0.4, -0.2) is 32.2 Å². The zero-order chi connectivity index (χ0) is 30.1. The van der Waals surface area contributed by atoms with Gasteiger partial charge in [0.1, 0.15) is 0 Å². The molecule has 7 nitrogen and oxygen atoms in total. The smallest absolute Gasteiger partial charge is 0.416 e. The standard InChI is InChI=1S/C27H18F6N2O5S/c28-26(29,30)17-8-15(9-18(12-17)27(31,32)33)10-22(37)34-19-6-4-14(5-7-19)13-35-24(39)21(41-25(35)40)11-16-2-1-3-20(36)23(16)38/h1-9,11-12,36,38H,10,13H2,(H,34,37)/b21-11-. The normalized spacial score (nSPS) is 15.1. The number of hydrogen-bond acceptors (Lipinski definition) is 6. The van der Waals surface area contributed by atoms with Gasteiger partial charge in [0, 0.05) is 11.3 Å². The van der Waals surface area contributed by atoms with Crippen LogP contribution in [0.2, 0.25) is 0 Å². The third-order valence-corrected chi connectivity index (χ3v) is 6.70. The van der Waals surface area contributed by atoms with Crippen molar-refractivity contribution in [1.29, 1.82) is 0 Å². The molecule has 1 aliphatic rings. The molecule has 0 saturated carbocycles. The van der Waals surface area contributed by atoms with Crippen molar-refractivity contribution in [2.45, 2.75) is 25.3 Å². The molecule has 4 rings (SSSR count). The zero-order valence-corrected chi connectivity index (χ0v) is 21.3. The van der Waals surface area contributed by atoms with Gasteiger partial charge in [0.2, 0.25) is 5.91 Å². The predicted molar refractivity (Wildman–Crippen MR) is 137 cm³/mol. The highest BCUT2D eigenvalue weighted by molar-refractivity contribution is 8.18. The van der Waals surface area contributed by atoms with Crippen LogP contribution < -0.4 is 5.32 Å². The maximum absolute atomic E-state index is 13.1. The largest absolute Gasteiger partial charge is 0.504 e. The molecule has 0 atom stereocenters. The second-order valence-electron chi connectivity index (χ2n) is 8.82. The van der Waals surface area contributed by atoms with E-state index in [9.17, 15) is 50.9 Å². The zero-order valence-electron chi connectivity index (χ0n) is 20.5. The first-order valence-corrected chi connectivity index (χ1v) is 12.4. The lowest BCUT2D eigenvalue weighted by Crippen LogP contribution is -2.27. The molecule has 0 radical (unpaired) electrons. The van der Waals surface area contributed by atoms with Gasteiger partial charge in [-0.2, -0.15) is 26.3 Å². The van der Waals surface area contributed by atoms with E-state index in [1.54, 1.807) is 0 Å². The van der Waals surface area contributed by atoms with Gasteiger partial charge in [-0.25, -0.2) is 0 Å². The quantitative estimate of drug-likeness (QED) is 0.169. The molecule has 14 heteroatoms. The first-order valence-electron chi connectivity index (χ1n) is 11.6. The molecule has 0 aromatic heterocycles. The maximum atomic E-state index is 13.1. The first kappa shape index (κ1) is 29.5. The van der Waals surface area contributed by atoms with Crippen LogP contribution in [0.25, 0.3) is 6.08 Å². The van der Waals surface area contributed by atoms with Gasteiger partial charge in [0.25, 0.3) is 11.1 Å².